The van der Waals surface area contributed by atoms with Crippen molar-refractivity contribution in [3.8, 4) is 11.1 Å². The minimum atomic E-state index is -1.13. The van der Waals surface area contributed by atoms with Gasteiger partial charge in [-0.25, -0.2) is 4.79 Å². The van der Waals surface area contributed by atoms with Crippen molar-refractivity contribution in [2.24, 2.45) is 5.92 Å². The van der Waals surface area contributed by atoms with Gasteiger partial charge in [0.25, 0.3) is 0 Å². The molecular formula is C33H35N3O5. The molecule has 0 spiro atoms. The first-order valence-corrected chi connectivity index (χ1v) is 14.4. The Morgan fingerprint density at radius 1 is 0.854 bits per heavy atom. The lowest BCUT2D eigenvalue weighted by Gasteiger charge is -2.38. The summed E-state index contributed by atoms with van der Waals surface area (Å²) in [6.07, 6.45) is 0.676. The average molecular weight is 554 g/mol. The summed E-state index contributed by atoms with van der Waals surface area (Å²) < 4.78 is 5.85. The number of rotatable bonds is 7. The van der Waals surface area contributed by atoms with Gasteiger partial charge >= 0.3 is 12.1 Å². The molecule has 3 aromatic carbocycles. The number of piperidine rings is 1. The van der Waals surface area contributed by atoms with Crippen LogP contribution >= 0.6 is 0 Å². The van der Waals surface area contributed by atoms with Crippen LogP contribution in [0.15, 0.2) is 78.9 Å². The van der Waals surface area contributed by atoms with E-state index in [2.05, 4.69) is 46.6 Å². The van der Waals surface area contributed by atoms with Crippen molar-refractivity contribution in [2.75, 3.05) is 32.8 Å². The van der Waals surface area contributed by atoms with E-state index in [0.29, 0.717) is 52.0 Å². The van der Waals surface area contributed by atoms with Gasteiger partial charge in [0.1, 0.15) is 12.1 Å². The van der Waals surface area contributed by atoms with Gasteiger partial charge < -0.3 is 20.1 Å². The van der Waals surface area contributed by atoms with Gasteiger partial charge in [0.2, 0.25) is 5.91 Å². The first-order chi connectivity index (χ1) is 19.9. The van der Waals surface area contributed by atoms with Crippen molar-refractivity contribution in [3.63, 3.8) is 0 Å². The number of hydrogen-bond donors (Lipinski definition) is 2. The average Bonchev–Trinajstić information content (AvgIpc) is 3.55. The second-order valence-electron chi connectivity index (χ2n) is 11.4. The molecule has 0 saturated carbocycles. The van der Waals surface area contributed by atoms with Crippen molar-refractivity contribution in [1.29, 1.82) is 0 Å². The zero-order chi connectivity index (χ0) is 28.4. The molecule has 2 amide bonds. The van der Waals surface area contributed by atoms with Crippen LogP contribution in [0.25, 0.3) is 11.1 Å². The summed E-state index contributed by atoms with van der Waals surface area (Å²) in [5.74, 6) is -1.50. The van der Waals surface area contributed by atoms with Gasteiger partial charge in [-0.3, -0.25) is 14.5 Å². The molecule has 0 bridgehead atoms. The Morgan fingerprint density at radius 3 is 2.10 bits per heavy atom. The number of likely N-dealkylation sites (tertiary alicyclic amines) is 2. The van der Waals surface area contributed by atoms with Gasteiger partial charge in [-0.05, 0) is 47.1 Å². The number of nitrogens with zero attached hydrogens (tertiary/aromatic N) is 2. The van der Waals surface area contributed by atoms with E-state index in [1.807, 2.05) is 42.5 Å². The van der Waals surface area contributed by atoms with E-state index in [9.17, 15) is 19.5 Å². The van der Waals surface area contributed by atoms with Crippen molar-refractivity contribution in [3.05, 3.63) is 95.6 Å². The highest BCUT2D eigenvalue weighted by atomic mass is 16.5. The molecule has 0 aromatic heterocycles. The number of nitrogens with one attached hydrogen (secondary N) is 1. The zero-order valence-corrected chi connectivity index (χ0v) is 23.0. The van der Waals surface area contributed by atoms with Gasteiger partial charge in [-0.1, -0.05) is 78.9 Å². The number of amides is 2. The van der Waals surface area contributed by atoms with Crippen LogP contribution in [0.1, 0.15) is 41.9 Å². The summed E-state index contributed by atoms with van der Waals surface area (Å²) in [5.41, 5.74) is 4.57. The van der Waals surface area contributed by atoms with Crippen molar-refractivity contribution < 1.29 is 24.2 Å². The van der Waals surface area contributed by atoms with Gasteiger partial charge in [-0.15, -0.1) is 0 Å². The summed E-state index contributed by atoms with van der Waals surface area (Å²) in [6.45, 7) is 2.58. The van der Waals surface area contributed by atoms with Crippen LogP contribution < -0.4 is 5.32 Å². The topological polar surface area (TPSA) is 99.2 Å². The number of fused-ring (bicyclic) bond motifs is 3. The number of carboxylic acids is 1. The smallest absolute Gasteiger partial charge is 0.408 e. The first kappa shape index (κ1) is 27.0. The van der Waals surface area contributed by atoms with Gasteiger partial charge in [0.15, 0.2) is 0 Å². The summed E-state index contributed by atoms with van der Waals surface area (Å²) in [7, 11) is 0. The number of carboxylic acid groups (broad SMARTS) is 1. The molecule has 2 aliphatic heterocycles. The Kier molecular flexibility index (Phi) is 7.49. The Labute approximate surface area is 239 Å². The molecule has 6 rings (SSSR count). The van der Waals surface area contributed by atoms with E-state index < -0.39 is 23.5 Å². The molecule has 1 atom stereocenters. The predicted octanol–water partition coefficient (Wildman–Crippen LogP) is 4.49. The maximum Gasteiger partial charge on any atom is 0.408 e. The summed E-state index contributed by atoms with van der Waals surface area (Å²) in [5, 5.41) is 12.4. The Bertz CT molecular complexity index is 1390. The molecule has 3 aromatic rings. The molecule has 212 valence electrons. The maximum absolute atomic E-state index is 14.0. The standard InChI is InChI=1S/C33H35N3O5/c37-30(38)24-14-17-36(18-15-24)31(39)33(16-19-35(22-33)20-23-8-2-1-3-9-23)34-32(40)41-21-29-27-12-6-4-10-25(27)26-11-5-7-13-28(26)29/h1-13,24,29H,14-22H2,(H,34,40)(H,37,38). The fourth-order valence-corrected chi connectivity index (χ4v) is 6.66. The molecule has 2 fully saturated rings. The molecule has 0 radical (unpaired) electrons. The third kappa shape index (κ3) is 5.44. The highest BCUT2D eigenvalue weighted by Crippen LogP contribution is 2.44. The van der Waals surface area contributed by atoms with E-state index in [-0.39, 0.29) is 18.4 Å². The molecule has 1 unspecified atom stereocenters. The van der Waals surface area contributed by atoms with Crippen LogP contribution in [-0.4, -0.2) is 71.2 Å². The lowest BCUT2D eigenvalue weighted by Crippen LogP contribution is -2.62. The summed E-state index contributed by atoms with van der Waals surface area (Å²) >= 11 is 0. The fraction of sp³-hybridized carbons (Fsp3) is 0.364. The highest BCUT2D eigenvalue weighted by Gasteiger charge is 2.49. The third-order valence-corrected chi connectivity index (χ3v) is 8.82. The van der Waals surface area contributed by atoms with Crippen LogP contribution in [0.5, 0.6) is 0 Å². The number of ether oxygens (including phenoxy) is 1. The van der Waals surface area contributed by atoms with Crippen LogP contribution in [0.4, 0.5) is 4.79 Å². The number of hydrogen-bond acceptors (Lipinski definition) is 5. The molecule has 2 heterocycles. The number of alkyl carbamates (subject to hydrolysis) is 1. The van der Waals surface area contributed by atoms with Gasteiger partial charge in [0, 0.05) is 38.6 Å². The Balaban J connectivity index is 1.17. The van der Waals surface area contributed by atoms with E-state index in [0.717, 1.165) is 27.8 Å². The van der Waals surface area contributed by atoms with Crippen LogP contribution in [0, 0.1) is 5.92 Å². The SMILES string of the molecule is O=C(NC1(C(=O)N2CCC(C(=O)O)CC2)CCN(Cc2ccccc2)C1)OCC1c2ccccc2-c2ccccc21. The molecule has 1 aliphatic carbocycles. The van der Waals surface area contributed by atoms with E-state index in [4.69, 9.17) is 4.74 Å². The van der Waals surface area contributed by atoms with Crippen LogP contribution in [0.3, 0.4) is 0 Å². The second-order valence-corrected chi connectivity index (χ2v) is 11.4. The van der Waals surface area contributed by atoms with E-state index in [1.165, 1.54) is 0 Å². The van der Waals surface area contributed by atoms with Crippen molar-refractivity contribution >= 4 is 18.0 Å². The molecule has 41 heavy (non-hydrogen) atoms. The largest absolute Gasteiger partial charge is 0.481 e. The van der Waals surface area contributed by atoms with Crippen molar-refractivity contribution in [2.45, 2.75) is 37.3 Å². The quantitative estimate of drug-likeness (QED) is 0.447. The first-order valence-electron chi connectivity index (χ1n) is 14.4. The third-order valence-electron chi connectivity index (χ3n) is 8.82. The van der Waals surface area contributed by atoms with Gasteiger partial charge in [-0.2, -0.15) is 0 Å². The fourth-order valence-electron chi connectivity index (χ4n) is 6.66. The summed E-state index contributed by atoms with van der Waals surface area (Å²) in [4.78, 5) is 42.7. The summed E-state index contributed by atoms with van der Waals surface area (Å²) in [6, 6.07) is 26.4. The molecule has 2 N–H and O–H groups in total. The lowest BCUT2D eigenvalue weighted by molar-refractivity contribution is -0.147. The zero-order valence-electron chi connectivity index (χ0n) is 23.0. The van der Waals surface area contributed by atoms with Crippen LogP contribution in [-0.2, 0) is 20.9 Å². The molecule has 3 aliphatic rings. The number of carbonyl (C=O) groups excluding carboxylic acids is 2. The maximum atomic E-state index is 14.0. The second kappa shape index (κ2) is 11.4. The van der Waals surface area contributed by atoms with Gasteiger partial charge in [0.05, 0.1) is 5.92 Å². The highest BCUT2D eigenvalue weighted by molar-refractivity contribution is 5.91. The van der Waals surface area contributed by atoms with E-state index in [1.54, 1.807) is 4.90 Å². The molecule has 8 nitrogen and oxygen atoms in total. The molecule has 2 saturated heterocycles. The minimum Gasteiger partial charge on any atom is -0.481 e. The van der Waals surface area contributed by atoms with Crippen molar-refractivity contribution in [1.82, 2.24) is 15.1 Å². The number of aliphatic carboxylic acids is 1. The number of benzene rings is 3. The van der Waals surface area contributed by atoms with E-state index >= 15 is 0 Å². The lowest BCUT2D eigenvalue weighted by atomic mass is 9.92. The number of carbonyl (C=O) groups is 3. The Morgan fingerprint density at radius 2 is 1.46 bits per heavy atom. The molecule has 8 heteroatoms. The van der Waals surface area contributed by atoms with Crippen LogP contribution in [0.2, 0.25) is 0 Å². The molecular weight excluding hydrogens is 518 g/mol. The normalized spacial score (nSPS) is 20.8. The Hall–Kier alpha value is -4.17. The monoisotopic (exact) mass is 553 g/mol. The predicted molar refractivity (Wildman–Crippen MR) is 154 cm³/mol. The minimum absolute atomic E-state index is 0.0759.